The predicted molar refractivity (Wildman–Crippen MR) is 70.5 cm³/mol. The van der Waals surface area contributed by atoms with Gasteiger partial charge in [0.05, 0.1) is 18.8 Å². The smallest absolute Gasteiger partial charge is 0.253 e. The van der Waals surface area contributed by atoms with Crippen LogP contribution in [0, 0.1) is 5.92 Å². The second-order valence-electron chi connectivity index (χ2n) is 6.14. The fourth-order valence-electron chi connectivity index (χ4n) is 3.21. The number of nitrogens with zero attached hydrogens (tertiary/aromatic N) is 1. The Balaban J connectivity index is 1.49. The number of hydrogen-bond donors (Lipinski definition) is 1. The highest BCUT2D eigenvalue weighted by Crippen LogP contribution is 2.43. The van der Waals surface area contributed by atoms with Crippen LogP contribution >= 0.6 is 0 Å². The summed E-state index contributed by atoms with van der Waals surface area (Å²) in [7, 11) is 0. The van der Waals surface area contributed by atoms with Crippen molar-refractivity contribution in [2.24, 2.45) is 11.7 Å². The molecule has 0 bridgehead atoms. The highest BCUT2D eigenvalue weighted by Gasteiger charge is 2.51. The Hall–Kier alpha value is -1.39. The molecule has 0 atom stereocenters. The topological polar surface area (TPSA) is 55.6 Å². The summed E-state index contributed by atoms with van der Waals surface area (Å²) in [6, 6.07) is 5.88. The van der Waals surface area contributed by atoms with E-state index in [-0.39, 0.29) is 11.4 Å². The molecule has 1 aromatic rings. The zero-order chi connectivity index (χ0) is 13.0. The highest BCUT2D eigenvalue weighted by atomic mass is 16.5. The molecule has 2 heterocycles. The van der Waals surface area contributed by atoms with E-state index in [1.807, 2.05) is 23.1 Å². The molecule has 3 aliphatic rings. The molecule has 2 aliphatic heterocycles. The number of carbonyl (C=O) groups is 1. The zero-order valence-electron chi connectivity index (χ0n) is 10.9. The number of nitrogens with two attached hydrogens (primary N) is 1. The second-order valence-corrected chi connectivity index (χ2v) is 6.14. The third-order valence-electron chi connectivity index (χ3n) is 4.62. The van der Waals surface area contributed by atoms with Crippen molar-refractivity contribution in [2.45, 2.75) is 31.6 Å². The molecule has 1 saturated heterocycles. The van der Waals surface area contributed by atoms with Gasteiger partial charge >= 0.3 is 0 Å². The minimum atomic E-state index is -0.102. The van der Waals surface area contributed by atoms with Crippen molar-refractivity contribution in [3.8, 4) is 0 Å². The Morgan fingerprint density at radius 3 is 2.74 bits per heavy atom. The molecule has 1 aromatic carbocycles. The van der Waals surface area contributed by atoms with Crippen molar-refractivity contribution < 1.29 is 9.53 Å². The lowest BCUT2D eigenvalue weighted by Crippen LogP contribution is -2.69. The first-order valence-electron chi connectivity index (χ1n) is 6.93. The number of rotatable bonds is 2. The maximum absolute atomic E-state index is 12.4. The van der Waals surface area contributed by atoms with Gasteiger partial charge in [-0.15, -0.1) is 0 Å². The Kier molecular flexibility index (Phi) is 2.29. The Morgan fingerprint density at radius 2 is 2.00 bits per heavy atom. The van der Waals surface area contributed by atoms with E-state index < -0.39 is 0 Å². The molecule has 1 amide bonds. The number of benzene rings is 1. The van der Waals surface area contributed by atoms with Gasteiger partial charge in [-0.1, -0.05) is 6.07 Å². The van der Waals surface area contributed by atoms with E-state index in [1.54, 1.807) is 0 Å². The van der Waals surface area contributed by atoms with Crippen molar-refractivity contribution in [1.82, 2.24) is 4.90 Å². The molecule has 2 N–H and O–H groups in total. The van der Waals surface area contributed by atoms with Crippen molar-refractivity contribution in [3.63, 3.8) is 0 Å². The second kappa shape index (κ2) is 3.81. The summed E-state index contributed by atoms with van der Waals surface area (Å²) in [5, 5.41) is 0. The normalized spacial score (nSPS) is 23.9. The molecule has 100 valence electrons. The standard InChI is InChI=1S/C15H18N2O2/c16-15(13-3-4-13)8-17(9-15)14(18)10-1-2-11-6-19-7-12(11)5-10/h1-2,5,13H,3-4,6-9,16H2. The van der Waals surface area contributed by atoms with E-state index >= 15 is 0 Å². The Labute approximate surface area is 112 Å². The molecule has 1 saturated carbocycles. The van der Waals surface area contributed by atoms with Crippen molar-refractivity contribution in [1.29, 1.82) is 0 Å². The lowest BCUT2D eigenvalue weighted by Gasteiger charge is -2.48. The van der Waals surface area contributed by atoms with E-state index in [9.17, 15) is 4.79 Å². The van der Waals surface area contributed by atoms with Crippen molar-refractivity contribution in [3.05, 3.63) is 34.9 Å². The number of ether oxygens (including phenoxy) is 1. The fourth-order valence-corrected chi connectivity index (χ4v) is 3.21. The van der Waals surface area contributed by atoms with Gasteiger partial charge in [-0.05, 0) is 42.0 Å². The van der Waals surface area contributed by atoms with E-state index in [1.165, 1.54) is 18.4 Å². The molecule has 1 aliphatic carbocycles. The Bertz CT molecular complexity index is 545. The van der Waals surface area contributed by atoms with Crippen LogP contribution in [0.25, 0.3) is 0 Å². The van der Waals surface area contributed by atoms with Crippen LogP contribution < -0.4 is 5.73 Å². The largest absolute Gasteiger partial charge is 0.372 e. The molecule has 0 spiro atoms. The predicted octanol–water partition coefficient (Wildman–Crippen LogP) is 1.28. The van der Waals surface area contributed by atoms with Crippen LogP contribution in [0.3, 0.4) is 0 Å². The molecule has 0 radical (unpaired) electrons. The van der Waals surface area contributed by atoms with Crippen LogP contribution in [0.5, 0.6) is 0 Å². The van der Waals surface area contributed by atoms with Gasteiger partial charge in [0, 0.05) is 18.7 Å². The van der Waals surface area contributed by atoms with Gasteiger partial charge < -0.3 is 15.4 Å². The SMILES string of the molecule is NC1(C2CC2)CN(C(=O)c2ccc3c(c2)COC3)C1. The highest BCUT2D eigenvalue weighted by molar-refractivity contribution is 5.95. The summed E-state index contributed by atoms with van der Waals surface area (Å²) in [6.07, 6.45) is 2.46. The van der Waals surface area contributed by atoms with Gasteiger partial charge in [-0.2, -0.15) is 0 Å². The van der Waals surface area contributed by atoms with E-state index in [0.29, 0.717) is 32.2 Å². The van der Waals surface area contributed by atoms with Crippen LogP contribution in [0.4, 0.5) is 0 Å². The van der Waals surface area contributed by atoms with Crippen LogP contribution in [0.2, 0.25) is 0 Å². The van der Waals surface area contributed by atoms with E-state index in [2.05, 4.69) is 0 Å². The van der Waals surface area contributed by atoms with Gasteiger partial charge in [-0.25, -0.2) is 0 Å². The molecule has 4 nitrogen and oxygen atoms in total. The summed E-state index contributed by atoms with van der Waals surface area (Å²) >= 11 is 0. The van der Waals surface area contributed by atoms with Crippen LogP contribution in [0.1, 0.15) is 34.3 Å². The maximum Gasteiger partial charge on any atom is 0.253 e. The first kappa shape index (κ1) is 11.4. The first-order chi connectivity index (χ1) is 9.16. The number of fused-ring (bicyclic) bond motifs is 1. The molecule has 19 heavy (non-hydrogen) atoms. The van der Waals surface area contributed by atoms with Crippen LogP contribution in [-0.2, 0) is 18.0 Å². The average molecular weight is 258 g/mol. The minimum Gasteiger partial charge on any atom is -0.372 e. The molecule has 0 aromatic heterocycles. The van der Waals surface area contributed by atoms with Gasteiger partial charge in [0.1, 0.15) is 0 Å². The summed E-state index contributed by atoms with van der Waals surface area (Å²) in [5.74, 6) is 0.751. The maximum atomic E-state index is 12.4. The van der Waals surface area contributed by atoms with Gasteiger partial charge in [0.15, 0.2) is 0 Å². The number of carbonyl (C=O) groups excluding carboxylic acids is 1. The fraction of sp³-hybridized carbons (Fsp3) is 0.533. The van der Waals surface area contributed by atoms with E-state index in [0.717, 1.165) is 11.1 Å². The summed E-state index contributed by atoms with van der Waals surface area (Å²) in [6.45, 7) is 2.72. The van der Waals surface area contributed by atoms with E-state index in [4.69, 9.17) is 10.5 Å². The lowest BCUT2D eigenvalue weighted by atomic mass is 9.85. The third kappa shape index (κ3) is 1.78. The summed E-state index contributed by atoms with van der Waals surface area (Å²) < 4.78 is 5.38. The number of likely N-dealkylation sites (tertiary alicyclic amines) is 1. The Morgan fingerprint density at radius 1 is 1.26 bits per heavy atom. The van der Waals surface area contributed by atoms with Crippen molar-refractivity contribution >= 4 is 5.91 Å². The molecule has 2 fully saturated rings. The zero-order valence-corrected chi connectivity index (χ0v) is 10.9. The van der Waals surface area contributed by atoms with Crippen LogP contribution in [-0.4, -0.2) is 29.4 Å². The molecular weight excluding hydrogens is 240 g/mol. The summed E-state index contributed by atoms with van der Waals surface area (Å²) in [5.41, 5.74) is 9.30. The monoisotopic (exact) mass is 258 g/mol. The third-order valence-corrected chi connectivity index (χ3v) is 4.62. The molecule has 4 rings (SSSR count). The van der Waals surface area contributed by atoms with Crippen LogP contribution in [0.15, 0.2) is 18.2 Å². The van der Waals surface area contributed by atoms with Gasteiger partial charge in [-0.3, -0.25) is 4.79 Å². The molecule has 0 unspecified atom stereocenters. The van der Waals surface area contributed by atoms with Crippen molar-refractivity contribution in [2.75, 3.05) is 13.1 Å². The average Bonchev–Trinajstić information content (AvgIpc) is 3.12. The lowest BCUT2D eigenvalue weighted by molar-refractivity contribution is 0.0350. The van der Waals surface area contributed by atoms with Gasteiger partial charge in [0.25, 0.3) is 5.91 Å². The van der Waals surface area contributed by atoms with Gasteiger partial charge in [0.2, 0.25) is 0 Å². The molecule has 4 heteroatoms. The summed E-state index contributed by atoms with van der Waals surface area (Å²) in [4.78, 5) is 14.3. The number of amides is 1. The quantitative estimate of drug-likeness (QED) is 0.869. The minimum absolute atomic E-state index is 0.102. The first-order valence-corrected chi connectivity index (χ1v) is 6.93. The number of hydrogen-bond acceptors (Lipinski definition) is 3. The molecular formula is C15H18N2O2.